The van der Waals surface area contributed by atoms with Gasteiger partial charge >= 0.3 is 6.18 Å². The van der Waals surface area contributed by atoms with Crippen LogP contribution in [0.2, 0.25) is 0 Å². The Hall–Kier alpha value is -4.41. The van der Waals surface area contributed by atoms with Gasteiger partial charge in [0.1, 0.15) is 5.76 Å². The van der Waals surface area contributed by atoms with Crippen LogP contribution in [0.25, 0.3) is 0 Å². The predicted octanol–water partition coefficient (Wildman–Crippen LogP) is 4.31. The number of rotatable bonds is 5. The van der Waals surface area contributed by atoms with Crippen LogP contribution in [-0.4, -0.2) is 28.5 Å². The van der Waals surface area contributed by atoms with Crippen LogP contribution < -0.4 is 10.6 Å². The van der Waals surface area contributed by atoms with Crippen molar-refractivity contribution in [3.63, 3.8) is 0 Å². The number of nitrogens with one attached hydrogen (secondary N) is 2. The maximum Gasteiger partial charge on any atom is 0.416 e. The summed E-state index contributed by atoms with van der Waals surface area (Å²) in [5, 5.41) is 4.69. The molecule has 1 aliphatic heterocycles. The number of alkyl halides is 3. The van der Waals surface area contributed by atoms with Crippen molar-refractivity contribution >= 4 is 35.0 Å². The molecule has 0 aliphatic carbocycles. The normalized spacial score (nSPS) is 13.1. The molecule has 0 radical (unpaired) electrons. The standard InChI is InChI=1S/C23H16F3N3O5/c1-12(30)27-18-7-5-14(23(24,25)26)10-19(18)28-20(31)13-4-6-16-17(9-13)22(33)29(21(16)32)11-15-3-2-8-34-15/h2-10H,11H2,1H3,(H,27,30)(H,28,31). The number of hydrogen-bond acceptors (Lipinski definition) is 5. The van der Waals surface area contributed by atoms with Crippen molar-refractivity contribution in [2.24, 2.45) is 0 Å². The molecular weight excluding hydrogens is 455 g/mol. The first kappa shape index (κ1) is 22.8. The molecule has 174 valence electrons. The lowest BCUT2D eigenvalue weighted by Gasteiger charge is -2.15. The monoisotopic (exact) mass is 471 g/mol. The van der Waals surface area contributed by atoms with E-state index in [1.807, 2.05) is 0 Å². The number of furan rings is 1. The van der Waals surface area contributed by atoms with Gasteiger partial charge in [0.15, 0.2) is 0 Å². The molecule has 0 saturated carbocycles. The molecule has 34 heavy (non-hydrogen) atoms. The van der Waals surface area contributed by atoms with Gasteiger partial charge in [-0.05, 0) is 48.5 Å². The summed E-state index contributed by atoms with van der Waals surface area (Å²) in [7, 11) is 0. The van der Waals surface area contributed by atoms with Gasteiger partial charge in [0.25, 0.3) is 17.7 Å². The van der Waals surface area contributed by atoms with Gasteiger partial charge < -0.3 is 15.1 Å². The molecular formula is C23H16F3N3O5. The second-order valence-corrected chi connectivity index (χ2v) is 7.43. The van der Waals surface area contributed by atoms with Crippen LogP contribution in [0.3, 0.4) is 0 Å². The Morgan fingerprint density at radius 1 is 0.941 bits per heavy atom. The zero-order valence-electron chi connectivity index (χ0n) is 17.5. The summed E-state index contributed by atoms with van der Waals surface area (Å²) < 4.78 is 44.6. The molecule has 8 nitrogen and oxygen atoms in total. The van der Waals surface area contributed by atoms with Crippen LogP contribution in [0.4, 0.5) is 24.5 Å². The van der Waals surface area contributed by atoms with Gasteiger partial charge in [0.2, 0.25) is 5.91 Å². The smallest absolute Gasteiger partial charge is 0.416 e. The molecule has 4 amide bonds. The molecule has 1 aromatic heterocycles. The van der Waals surface area contributed by atoms with Crippen LogP contribution in [0.5, 0.6) is 0 Å². The fraction of sp³-hybridized carbons (Fsp3) is 0.130. The second-order valence-electron chi connectivity index (χ2n) is 7.43. The van der Waals surface area contributed by atoms with Crippen molar-refractivity contribution in [2.45, 2.75) is 19.6 Å². The van der Waals surface area contributed by atoms with Crippen molar-refractivity contribution in [1.29, 1.82) is 0 Å². The molecule has 0 saturated heterocycles. The molecule has 0 spiro atoms. The van der Waals surface area contributed by atoms with Gasteiger partial charge in [-0.1, -0.05) is 0 Å². The molecule has 0 unspecified atom stereocenters. The van der Waals surface area contributed by atoms with Crippen LogP contribution in [-0.2, 0) is 17.5 Å². The van der Waals surface area contributed by atoms with E-state index in [-0.39, 0.29) is 34.6 Å². The Bertz CT molecular complexity index is 1320. The summed E-state index contributed by atoms with van der Waals surface area (Å²) in [5.74, 6) is -2.19. The van der Waals surface area contributed by atoms with Gasteiger partial charge in [0, 0.05) is 12.5 Å². The lowest BCUT2D eigenvalue weighted by Crippen LogP contribution is -2.28. The summed E-state index contributed by atoms with van der Waals surface area (Å²) in [6, 6.07) is 9.47. The first-order valence-corrected chi connectivity index (χ1v) is 9.87. The SMILES string of the molecule is CC(=O)Nc1ccc(C(F)(F)F)cc1NC(=O)c1ccc2c(c1)C(=O)N(Cc1ccco1)C2=O. The van der Waals surface area contributed by atoms with Crippen LogP contribution in [0.15, 0.2) is 59.2 Å². The summed E-state index contributed by atoms with van der Waals surface area (Å²) in [5.41, 5.74) is -1.34. The van der Waals surface area contributed by atoms with Crippen molar-refractivity contribution in [3.05, 3.63) is 82.8 Å². The van der Waals surface area contributed by atoms with E-state index in [0.717, 1.165) is 17.0 Å². The quantitative estimate of drug-likeness (QED) is 0.540. The number of carbonyl (C=O) groups excluding carboxylic acids is 4. The maximum absolute atomic E-state index is 13.1. The number of amides is 4. The molecule has 4 rings (SSSR count). The molecule has 0 bridgehead atoms. The van der Waals surface area contributed by atoms with Crippen LogP contribution >= 0.6 is 0 Å². The number of carbonyl (C=O) groups is 4. The fourth-order valence-corrected chi connectivity index (χ4v) is 3.45. The van der Waals surface area contributed by atoms with Crippen molar-refractivity contribution < 1.29 is 36.8 Å². The second kappa shape index (κ2) is 8.50. The average Bonchev–Trinajstić information content (AvgIpc) is 3.36. The Balaban J connectivity index is 1.61. The van der Waals surface area contributed by atoms with Crippen LogP contribution in [0.1, 0.15) is 49.3 Å². The molecule has 3 aromatic rings. The molecule has 2 N–H and O–H groups in total. The van der Waals surface area contributed by atoms with Gasteiger partial charge in [0.05, 0.1) is 40.9 Å². The maximum atomic E-state index is 13.1. The third kappa shape index (κ3) is 4.40. The predicted molar refractivity (Wildman–Crippen MR) is 113 cm³/mol. The highest BCUT2D eigenvalue weighted by Gasteiger charge is 2.36. The number of fused-ring (bicyclic) bond motifs is 1. The van der Waals surface area contributed by atoms with Crippen molar-refractivity contribution in [1.82, 2.24) is 4.90 Å². The Morgan fingerprint density at radius 2 is 1.68 bits per heavy atom. The third-order valence-electron chi connectivity index (χ3n) is 5.03. The first-order valence-electron chi connectivity index (χ1n) is 9.87. The highest BCUT2D eigenvalue weighted by atomic mass is 19.4. The number of benzene rings is 2. The molecule has 1 aliphatic rings. The molecule has 2 heterocycles. The molecule has 11 heteroatoms. The summed E-state index contributed by atoms with van der Waals surface area (Å²) in [6.45, 7) is 1.08. The zero-order chi connectivity index (χ0) is 24.6. The number of nitrogens with zero attached hydrogens (tertiary/aromatic N) is 1. The van der Waals surface area contributed by atoms with Crippen LogP contribution in [0, 0.1) is 0 Å². The van der Waals surface area contributed by atoms with E-state index in [1.54, 1.807) is 12.1 Å². The highest BCUT2D eigenvalue weighted by Crippen LogP contribution is 2.34. The van der Waals surface area contributed by atoms with Gasteiger partial charge in [-0.2, -0.15) is 13.2 Å². The molecule has 0 atom stereocenters. The number of halogens is 3. The van der Waals surface area contributed by atoms with E-state index in [0.29, 0.717) is 11.8 Å². The fourth-order valence-electron chi connectivity index (χ4n) is 3.45. The van der Waals surface area contributed by atoms with Crippen molar-refractivity contribution in [3.8, 4) is 0 Å². The van der Waals surface area contributed by atoms with Gasteiger partial charge in [-0.25, -0.2) is 0 Å². The van der Waals surface area contributed by atoms with E-state index >= 15 is 0 Å². The number of anilines is 2. The minimum absolute atomic E-state index is 0.0182. The number of hydrogen-bond donors (Lipinski definition) is 2. The molecule has 0 fully saturated rings. The largest absolute Gasteiger partial charge is 0.467 e. The van der Waals surface area contributed by atoms with E-state index in [2.05, 4.69) is 10.6 Å². The van der Waals surface area contributed by atoms with E-state index in [1.165, 1.54) is 31.4 Å². The van der Waals surface area contributed by atoms with E-state index in [9.17, 15) is 32.3 Å². The Labute approximate surface area is 190 Å². The topological polar surface area (TPSA) is 109 Å². The first-order chi connectivity index (χ1) is 16.0. The lowest BCUT2D eigenvalue weighted by atomic mass is 10.0. The summed E-state index contributed by atoms with van der Waals surface area (Å²) in [6.07, 6.45) is -3.27. The van der Waals surface area contributed by atoms with Gasteiger partial charge in [-0.3, -0.25) is 24.1 Å². The minimum atomic E-state index is -4.67. The summed E-state index contributed by atoms with van der Waals surface area (Å²) in [4.78, 5) is 50.5. The zero-order valence-corrected chi connectivity index (χ0v) is 17.5. The van der Waals surface area contributed by atoms with E-state index in [4.69, 9.17) is 4.42 Å². The van der Waals surface area contributed by atoms with E-state index < -0.39 is 35.4 Å². The summed E-state index contributed by atoms with van der Waals surface area (Å²) >= 11 is 0. The highest BCUT2D eigenvalue weighted by molar-refractivity contribution is 6.22. The minimum Gasteiger partial charge on any atom is -0.467 e. The lowest BCUT2D eigenvalue weighted by molar-refractivity contribution is -0.137. The van der Waals surface area contributed by atoms with Gasteiger partial charge in [-0.15, -0.1) is 0 Å². The Morgan fingerprint density at radius 3 is 2.32 bits per heavy atom. The third-order valence-corrected chi connectivity index (χ3v) is 5.03. The van der Waals surface area contributed by atoms with Crippen molar-refractivity contribution in [2.75, 3.05) is 10.6 Å². The number of imide groups is 1. The Kier molecular flexibility index (Phi) is 5.70. The average molecular weight is 471 g/mol. The molecule has 2 aromatic carbocycles.